The molecule has 7 heteroatoms. The van der Waals surface area contributed by atoms with Gasteiger partial charge in [0.05, 0.1) is 0 Å². The van der Waals surface area contributed by atoms with Crippen molar-refractivity contribution in [3.8, 4) is 0 Å². The van der Waals surface area contributed by atoms with E-state index in [1.807, 2.05) is 0 Å². The number of rotatable bonds is 3. The van der Waals surface area contributed by atoms with Gasteiger partial charge >= 0.3 is 0 Å². The maximum absolute atomic E-state index is 12.3. The lowest BCUT2D eigenvalue weighted by atomic mass is 9.73. The number of hydrogen-bond donors (Lipinski definition) is 4. The molecule has 23 heavy (non-hydrogen) atoms. The summed E-state index contributed by atoms with van der Waals surface area (Å²) >= 11 is 0. The smallest absolute Gasteiger partial charge is 0.269 e. The number of H-pyrrole nitrogens is 1. The number of carbonyl (C=O) groups excluding carboxylic acids is 1. The Hall–Kier alpha value is -1.60. The Morgan fingerprint density at radius 1 is 1.39 bits per heavy atom. The summed E-state index contributed by atoms with van der Waals surface area (Å²) in [6.07, 6.45) is 5.23. The van der Waals surface area contributed by atoms with Crippen molar-refractivity contribution in [1.82, 2.24) is 25.7 Å². The highest BCUT2D eigenvalue weighted by atomic mass is 16.1. The van der Waals surface area contributed by atoms with E-state index in [1.165, 1.54) is 32.2 Å². The van der Waals surface area contributed by atoms with Crippen LogP contribution in [0.15, 0.2) is 6.07 Å². The highest BCUT2D eigenvalue weighted by molar-refractivity contribution is 5.92. The summed E-state index contributed by atoms with van der Waals surface area (Å²) in [7, 11) is 0. The molecule has 0 aromatic carbocycles. The van der Waals surface area contributed by atoms with E-state index in [0.29, 0.717) is 36.1 Å². The van der Waals surface area contributed by atoms with Crippen LogP contribution in [-0.2, 0) is 0 Å². The van der Waals surface area contributed by atoms with Gasteiger partial charge in [-0.3, -0.25) is 14.8 Å². The quantitative estimate of drug-likeness (QED) is 0.637. The molecule has 1 aromatic heterocycles. The van der Waals surface area contributed by atoms with Crippen LogP contribution in [0.25, 0.3) is 0 Å². The second-order valence-electron chi connectivity index (χ2n) is 7.20. The van der Waals surface area contributed by atoms with Gasteiger partial charge < -0.3 is 16.4 Å². The number of amides is 1. The lowest BCUT2D eigenvalue weighted by molar-refractivity contribution is -0.0371. The third-order valence-corrected chi connectivity index (χ3v) is 5.84. The second-order valence-corrected chi connectivity index (χ2v) is 7.20. The Labute approximate surface area is 136 Å². The number of carbonyl (C=O) groups is 1. The van der Waals surface area contributed by atoms with Gasteiger partial charge in [-0.25, -0.2) is 0 Å². The number of nitrogens with one attached hydrogen (secondary N) is 3. The number of nitrogens with zero attached hydrogens (tertiary/aromatic N) is 2. The first kappa shape index (κ1) is 15.0. The van der Waals surface area contributed by atoms with Crippen molar-refractivity contribution in [3.05, 3.63) is 11.8 Å². The number of nitrogens with two attached hydrogens (primary N) is 1. The van der Waals surface area contributed by atoms with Crippen molar-refractivity contribution in [1.29, 1.82) is 0 Å². The van der Waals surface area contributed by atoms with Crippen LogP contribution in [-0.4, -0.2) is 59.3 Å². The first-order chi connectivity index (χ1) is 11.2. The van der Waals surface area contributed by atoms with Crippen molar-refractivity contribution < 1.29 is 4.79 Å². The van der Waals surface area contributed by atoms with Crippen molar-refractivity contribution in [2.45, 2.75) is 37.8 Å². The molecule has 7 nitrogen and oxygen atoms in total. The molecule has 0 spiro atoms. The average molecular weight is 318 g/mol. The third-order valence-electron chi connectivity index (χ3n) is 5.84. The van der Waals surface area contributed by atoms with Gasteiger partial charge in [0.2, 0.25) is 0 Å². The zero-order chi connectivity index (χ0) is 15.8. The fourth-order valence-electron chi connectivity index (χ4n) is 4.79. The fourth-order valence-corrected chi connectivity index (χ4v) is 4.79. The molecule has 126 valence electrons. The van der Waals surface area contributed by atoms with Crippen LogP contribution in [0.4, 0.5) is 5.82 Å². The number of aromatic nitrogens is 2. The summed E-state index contributed by atoms with van der Waals surface area (Å²) in [4.78, 5) is 14.9. The Morgan fingerprint density at radius 2 is 2.26 bits per heavy atom. The van der Waals surface area contributed by atoms with Crippen LogP contribution in [0.5, 0.6) is 0 Å². The molecule has 4 heterocycles. The van der Waals surface area contributed by atoms with Gasteiger partial charge in [0.15, 0.2) is 0 Å². The largest absolute Gasteiger partial charge is 0.382 e. The summed E-state index contributed by atoms with van der Waals surface area (Å²) in [6.45, 7) is 4.10. The van der Waals surface area contributed by atoms with Crippen molar-refractivity contribution >= 4 is 11.7 Å². The minimum Gasteiger partial charge on any atom is -0.382 e. The van der Waals surface area contributed by atoms with E-state index in [4.69, 9.17) is 5.73 Å². The van der Waals surface area contributed by atoms with Crippen LogP contribution in [0.3, 0.4) is 0 Å². The van der Waals surface area contributed by atoms with Gasteiger partial charge in [0, 0.05) is 24.7 Å². The van der Waals surface area contributed by atoms with Crippen molar-refractivity contribution in [2.24, 2.45) is 11.8 Å². The molecule has 0 unspecified atom stereocenters. The molecule has 4 rings (SSSR count). The van der Waals surface area contributed by atoms with E-state index in [1.54, 1.807) is 6.07 Å². The van der Waals surface area contributed by atoms with Crippen LogP contribution >= 0.6 is 0 Å². The Kier molecular flexibility index (Phi) is 3.98. The first-order valence-corrected chi connectivity index (χ1v) is 8.78. The van der Waals surface area contributed by atoms with Crippen LogP contribution in [0.2, 0.25) is 0 Å². The Bertz CT molecular complexity index is 573. The van der Waals surface area contributed by atoms with E-state index in [0.717, 1.165) is 19.0 Å². The van der Waals surface area contributed by atoms with Crippen LogP contribution < -0.4 is 16.4 Å². The Balaban J connectivity index is 1.44. The maximum atomic E-state index is 12.3. The first-order valence-electron chi connectivity index (χ1n) is 8.78. The Morgan fingerprint density at radius 3 is 3.09 bits per heavy atom. The number of hydrogen-bond acceptors (Lipinski definition) is 5. The van der Waals surface area contributed by atoms with E-state index < -0.39 is 0 Å². The van der Waals surface area contributed by atoms with E-state index in [2.05, 4.69) is 25.7 Å². The summed E-state index contributed by atoms with van der Waals surface area (Å²) < 4.78 is 0. The predicted molar refractivity (Wildman–Crippen MR) is 87.9 cm³/mol. The molecule has 0 aliphatic carbocycles. The highest BCUT2D eigenvalue weighted by Gasteiger charge is 2.45. The molecule has 3 fully saturated rings. The molecule has 3 saturated heterocycles. The van der Waals surface area contributed by atoms with Crippen molar-refractivity contribution in [3.63, 3.8) is 0 Å². The zero-order valence-electron chi connectivity index (χ0n) is 13.4. The molecule has 1 aromatic rings. The van der Waals surface area contributed by atoms with Crippen LogP contribution in [0.1, 0.15) is 36.2 Å². The third kappa shape index (κ3) is 2.83. The summed E-state index contributed by atoms with van der Waals surface area (Å²) in [5.41, 5.74) is 6.01. The zero-order valence-corrected chi connectivity index (χ0v) is 13.4. The fraction of sp³-hybridized carbons (Fsp3) is 0.750. The van der Waals surface area contributed by atoms with Crippen molar-refractivity contribution in [2.75, 3.05) is 31.9 Å². The minimum atomic E-state index is -0.117. The monoisotopic (exact) mass is 318 g/mol. The van der Waals surface area contributed by atoms with Gasteiger partial charge in [-0.2, -0.15) is 5.10 Å². The van der Waals surface area contributed by atoms with E-state index in [9.17, 15) is 4.79 Å². The molecule has 1 amide bonds. The molecule has 5 N–H and O–H groups in total. The molecular weight excluding hydrogens is 292 g/mol. The molecule has 0 radical (unpaired) electrons. The standard InChI is InChI=1S/C16H26N6O/c17-15-6-12(20-21-15)16(23)19-9-14-11-5-10(7-18-8-11)13-3-1-2-4-22(13)14/h6,10-11,13-14,18H,1-5,7-9H2,(H,19,23)(H3,17,20,21)/t10-,11+,13+,14+/m1/s1. The van der Waals surface area contributed by atoms with Gasteiger partial charge in [0.25, 0.3) is 5.91 Å². The highest BCUT2D eigenvalue weighted by Crippen LogP contribution is 2.38. The van der Waals surface area contributed by atoms with Crippen LogP contribution in [0, 0.1) is 11.8 Å². The molecule has 3 aliphatic rings. The molecule has 4 atom stereocenters. The SMILES string of the molecule is Nc1cc(C(=O)NC[C@H]2[C@@H]3CNC[C@@H](C3)[C@@H]3CCCCN32)[nH]n1. The maximum Gasteiger partial charge on any atom is 0.269 e. The number of piperidine rings is 3. The summed E-state index contributed by atoms with van der Waals surface area (Å²) in [5, 5.41) is 13.2. The van der Waals surface area contributed by atoms with Gasteiger partial charge in [0.1, 0.15) is 11.5 Å². The summed E-state index contributed by atoms with van der Waals surface area (Å²) in [6, 6.07) is 2.71. The second kappa shape index (κ2) is 6.13. The average Bonchev–Trinajstić information content (AvgIpc) is 3.01. The number of fused-ring (bicyclic) bond motifs is 4. The predicted octanol–water partition coefficient (Wildman–Crippen LogP) is 0.184. The van der Waals surface area contributed by atoms with Gasteiger partial charge in [-0.1, -0.05) is 6.42 Å². The van der Waals surface area contributed by atoms with Gasteiger partial charge in [-0.15, -0.1) is 0 Å². The molecule has 0 saturated carbocycles. The molecule has 2 bridgehead atoms. The lowest BCUT2D eigenvalue weighted by Crippen LogP contribution is -2.65. The number of aromatic amines is 1. The lowest BCUT2D eigenvalue weighted by Gasteiger charge is -2.55. The number of anilines is 1. The normalized spacial score (nSPS) is 33.9. The van der Waals surface area contributed by atoms with Gasteiger partial charge in [-0.05, 0) is 50.7 Å². The molecular formula is C16H26N6O. The minimum absolute atomic E-state index is 0.117. The van der Waals surface area contributed by atoms with E-state index >= 15 is 0 Å². The topological polar surface area (TPSA) is 99.1 Å². The summed E-state index contributed by atoms with van der Waals surface area (Å²) in [5.74, 6) is 1.65. The number of nitrogen functional groups attached to an aromatic ring is 1. The molecule has 3 aliphatic heterocycles. The van der Waals surface area contributed by atoms with E-state index in [-0.39, 0.29) is 5.91 Å².